The zero-order valence-electron chi connectivity index (χ0n) is 26.0. The molecule has 0 aliphatic rings. The van der Waals surface area contributed by atoms with Crippen LogP contribution in [0.15, 0.2) is 24.3 Å². The quantitative estimate of drug-likeness (QED) is 0.343. The summed E-state index contributed by atoms with van der Waals surface area (Å²) in [7, 11) is 5.35. The molecule has 0 aliphatic heterocycles. The monoisotopic (exact) mass is 548 g/mol. The van der Waals surface area contributed by atoms with E-state index < -0.39 is 17.7 Å². The molecule has 39 heavy (non-hydrogen) atoms. The van der Waals surface area contributed by atoms with Gasteiger partial charge in [-0.3, -0.25) is 19.8 Å². The molecule has 2 N–H and O–H groups in total. The number of nitrogens with zero attached hydrogens (tertiary/aromatic N) is 2. The minimum Gasteiger partial charge on any atom is -0.444 e. The molecule has 0 saturated carbocycles. The first-order chi connectivity index (χ1) is 18.1. The molecule has 0 radical (unpaired) electrons. The molecule has 222 valence electrons. The van der Waals surface area contributed by atoms with Crippen molar-refractivity contribution in [2.24, 2.45) is 11.8 Å². The topological polar surface area (TPSA) is 100 Å². The van der Waals surface area contributed by atoms with Gasteiger partial charge in [0, 0.05) is 26.4 Å². The standard InChI is InChI=1S/C30H52N4O5/c1-12-21(5)27(24(13-2)38-11)34(10)25(35)18-31-28(36)26(20(3)4)33(9)19-22-15-14-16-23(17-22)32-29(37)39-30(6,7)8/h14-17,20-21,24,26-27H,12-13,18-19H2,1-11H3,(H,31,36)(H,32,37). The van der Waals surface area contributed by atoms with Gasteiger partial charge in [0.15, 0.2) is 0 Å². The number of carbonyl (C=O) groups excluding carboxylic acids is 3. The number of rotatable bonds is 14. The second-order valence-electron chi connectivity index (χ2n) is 11.7. The van der Waals surface area contributed by atoms with Gasteiger partial charge >= 0.3 is 6.09 Å². The summed E-state index contributed by atoms with van der Waals surface area (Å²) in [4.78, 5) is 42.2. The van der Waals surface area contributed by atoms with E-state index in [1.807, 2.05) is 64.8 Å². The minimum absolute atomic E-state index is 0.0109. The number of likely N-dealkylation sites (N-methyl/N-ethyl adjacent to an activating group) is 2. The Morgan fingerprint density at radius 3 is 2.18 bits per heavy atom. The van der Waals surface area contributed by atoms with Crippen molar-refractivity contribution in [3.8, 4) is 0 Å². The van der Waals surface area contributed by atoms with Crippen LogP contribution >= 0.6 is 0 Å². The van der Waals surface area contributed by atoms with Crippen LogP contribution in [0.4, 0.5) is 10.5 Å². The van der Waals surface area contributed by atoms with Gasteiger partial charge < -0.3 is 19.7 Å². The van der Waals surface area contributed by atoms with Gasteiger partial charge in [0.1, 0.15) is 5.60 Å². The maximum Gasteiger partial charge on any atom is 0.412 e. The Labute approximate surface area is 236 Å². The van der Waals surface area contributed by atoms with Crippen molar-refractivity contribution in [2.75, 3.05) is 33.1 Å². The van der Waals surface area contributed by atoms with Crippen molar-refractivity contribution in [2.45, 2.75) is 98.6 Å². The number of anilines is 1. The second-order valence-corrected chi connectivity index (χ2v) is 11.7. The van der Waals surface area contributed by atoms with Gasteiger partial charge in [0.05, 0.1) is 24.7 Å². The number of hydrogen-bond acceptors (Lipinski definition) is 6. The zero-order valence-corrected chi connectivity index (χ0v) is 26.0. The van der Waals surface area contributed by atoms with Crippen LogP contribution in [0.1, 0.15) is 73.8 Å². The minimum atomic E-state index is -0.591. The molecule has 1 aromatic rings. The third-order valence-corrected chi connectivity index (χ3v) is 6.95. The van der Waals surface area contributed by atoms with Crippen LogP contribution in [0.25, 0.3) is 0 Å². The number of carbonyl (C=O) groups is 3. The van der Waals surface area contributed by atoms with Crippen LogP contribution < -0.4 is 10.6 Å². The number of ether oxygens (including phenoxy) is 2. The molecule has 3 amide bonds. The third-order valence-electron chi connectivity index (χ3n) is 6.95. The van der Waals surface area contributed by atoms with E-state index in [-0.39, 0.29) is 42.3 Å². The summed E-state index contributed by atoms with van der Waals surface area (Å²) in [5.74, 6) is -0.0715. The summed E-state index contributed by atoms with van der Waals surface area (Å²) < 4.78 is 11.0. The summed E-state index contributed by atoms with van der Waals surface area (Å²) in [5.41, 5.74) is 0.959. The van der Waals surface area contributed by atoms with Gasteiger partial charge in [-0.1, -0.05) is 53.2 Å². The van der Waals surface area contributed by atoms with Crippen LogP contribution in [0.5, 0.6) is 0 Å². The molecule has 1 aromatic carbocycles. The fourth-order valence-electron chi connectivity index (χ4n) is 4.91. The zero-order chi connectivity index (χ0) is 29.9. The molecule has 0 bridgehead atoms. The highest BCUT2D eigenvalue weighted by molar-refractivity contribution is 5.88. The fourth-order valence-corrected chi connectivity index (χ4v) is 4.91. The molecular formula is C30H52N4O5. The van der Waals surface area contributed by atoms with E-state index in [0.29, 0.717) is 12.2 Å². The van der Waals surface area contributed by atoms with Crippen molar-refractivity contribution in [1.29, 1.82) is 0 Å². The molecule has 4 unspecified atom stereocenters. The Balaban J connectivity index is 2.88. The van der Waals surface area contributed by atoms with E-state index in [0.717, 1.165) is 18.4 Å². The summed E-state index contributed by atoms with van der Waals surface area (Å²) in [5, 5.41) is 5.63. The highest BCUT2D eigenvalue weighted by Crippen LogP contribution is 2.22. The van der Waals surface area contributed by atoms with Gasteiger partial charge in [-0.25, -0.2) is 4.79 Å². The molecule has 4 atom stereocenters. The Bertz CT molecular complexity index is 926. The lowest BCUT2D eigenvalue weighted by atomic mass is 9.91. The molecule has 9 nitrogen and oxygen atoms in total. The van der Waals surface area contributed by atoms with Crippen molar-refractivity contribution < 1.29 is 23.9 Å². The van der Waals surface area contributed by atoms with E-state index in [9.17, 15) is 14.4 Å². The van der Waals surface area contributed by atoms with Crippen LogP contribution in [-0.4, -0.2) is 79.2 Å². The van der Waals surface area contributed by atoms with Crippen molar-refractivity contribution in [3.05, 3.63) is 29.8 Å². The largest absolute Gasteiger partial charge is 0.444 e. The first-order valence-electron chi connectivity index (χ1n) is 14.0. The SMILES string of the molecule is CCC(C)C(C(CC)OC)N(C)C(=O)CNC(=O)C(C(C)C)N(C)Cc1cccc(NC(=O)OC(C)(C)C)c1. The molecule has 1 rings (SSSR count). The lowest BCUT2D eigenvalue weighted by molar-refractivity contribution is -0.138. The molecule has 9 heteroatoms. The smallest absolute Gasteiger partial charge is 0.412 e. The number of methoxy groups -OCH3 is 1. The Kier molecular flexibility index (Phi) is 13.9. The molecule has 0 heterocycles. The summed E-state index contributed by atoms with van der Waals surface area (Å²) in [6.45, 7) is 16.1. The van der Waals surface area contributed by atoms with Gasteiger partial charge in [-0.15, -0.1) is 0 Å². The molecule has 0 fully saturated rings. The van der Waals surface area contributed by atoms with E-state index >= 15 is 0 Å². The average molecular weight is 549 g/mol. The predicted octanol–water partition coefficient (Wildman–Crippen LogP) is 4.90. The average Bonchev–Trinajstić information content (AvgIpc) is 2.83. The van der Waals surface area contributed by atoms with Gasteiger partial charge in [0.25, 0.3) is 0 Å². The maximum atomic E-state index is 13.3. The highest BCUT2D eigenvalue weighted by atomic mass is 16.6. The molecule has 0 aromatic heterocycles. The number of nitrogens with one attached hydrogen (secondary N) is 2. The molecule has 0 saturated heterocycles. The van der Waals surface area contributed by atoms with Crippen LogP contribution in [0.2, 0.25) is 0 Å². The highest BCUT2D eigenvalue weighted by Gasteiger charge is 2.32. The summed E-state index contributed by atoms with van der Waals surface area (Å²) in [6.07, 6.45) is 1.13. The number of amides is 3. The van der Waals surface area contributed by atoms with Gasteiger partial charge in [-0.05, 0) is 63.8 Å². The van der Waals surface area contributed by atoms with Crippen molar-refractivity contribution in [1.82, 2.24) is 15.1 Å². The Morgan fingerprint density at radius 2 is 1.67 bits per heavy atom. The van der Waals surface area contributed by atoms with Crippen LogP contribution in [0.3, 0.4) is 0 Å². The van der Waals surface area contributed by atoms with Crippen LogP contribution in [0, 0.1) is 11.8 Å². The summed E-state index contributed by atoms with van der Waals surface area (Å²) >= 11 is 0. The third kappa shape index (κ3) is 11.2. The van der Waals surface area contributed by atoms with E-state index in [1.165, 1.54) is 0 Å². The lowest BCUT2D eigenvalue weighted by Gasteiger charge is -2.37. The second kappa shape index (κ2) is 15.8. The number of benzene rings is 1. The Morgan fingerprint density at radius 1 is 1.03 bits per heavy atom. The molecule has 0 spiro atoms. The number of hydrogen-bond donors (Lipinski definition) is 2. The van der Waals surface area contributed by atoms with E-state index in [4.69, 9.17) is 9.47 Å². The summed E-state index contributed by atoms with van der Waals surface area (Å²) in [6, 6.07) is 6.94. The van der Waals surface area contributed by atoms with Gasteiger partial charge in [-0.2, -0.15) is 0 Å². The molecule has 0 aliphatic carbocycles. The fraction of sp³-hybridized carbons (Fsp3) is 0.700. The van der Waals surface area contributed by atoms with Gasteiger partial charge in [0.2, 0.25) is 11.8 Å². The Hall–Kier alpha value is -2.65. The molecular weight excluding hydrogens is 496 g/mol. The first-order valence-corrected chi connectivity index (χ1v) is 14.0. The van der Waals surface area contributed by atoms with E-state index in [1.54, 1.807) is 25.1 Å². The first kappa shape index (κ1) is 34.4. The lowest BCUT2D eigenvalue weighted by Crippen LogP contribution is -2.54. The van der Waals surface area contributed by atoms with Crippen molar-refractivity contribution >= 4 is 23.6 Å². The van der Waals surface area contributed by atoms with Crippen molar-refractivity contribution in [3.63, 3.8) is 0 Å². The normalized spacial score (nSPS) is 14.9. The maximum absolute atomic E-state index is 13.3. The van der Waals surface area contributed by atoms with E-state index in [2.05, 4.69) is 31.4 Å². The van der Waals surface area contributed by atoms with Crippen LogP contribution in [-0.2, 0) is 25.6 Å². The predicted molar refractivity (Wildman–Crippen MR) is 157 cm³/mol.